The van der Waals surface area contributed by atoms with Gasteiger partial charge in [0.25, 0.3) is 5.91 Å². The lowest BCUT2D eigenvalue weighted by molar-refractivity contribution is -0.122. The minimum absolute atomic E-state index is 0.127. The highest BCUT2D eigenvalue weighted by atomic mass is 35.6. The molecular formula is C18H19Cl3N2O4S2. The first kappa shape index (κ1) is 24.2. The van der Waals surface area contributed by atoms with E-state index in [4.69, 9.17) is 56.5 Å². The van der Waals surface area contributed by atoms with Gasteiger partial charge in [-0.05, 0) is 30.2 Å². The van der Waals surface area contributed by atoms with Gasteiger partial charge in [0, 0.05) is 27.2 Å². The van der Waals surface area contributed by atoms with Crippen molar-refractivity contribution in [2.24, 2.45) is 0 Å². The molecule has 0 unspecified atom stereocenters. The molecule has 2 rings (SSSR count). The summed E-state index contributed by atoms with van der Waals surface area (Å²) in [5.74, 6) is -0.136. The number of halogens is 3. The summed E-state index contributed by atoms with van der Waals surface area (Å²) in [4.78, 5) is 25.9. The summed E-state index contributed by atoms with van der Waals surface area (Å²) in [5, 5.41) is 2.43. The van der Waals surface area contributed by atoms with Gasteiger partial charge in [0.2, 0.25) is 15.9 Å². The first-order valence-corrected chi connectivity index (χ1v) is 10.8. The van der Waals surface area contributed by atoms with E-state index in [0.717, 1.165) is 5.56 Å². The van der Waals surface area contributed by atoms with Gasteiger partial charge in [-0.2, -0.15) is 0 Å². The zero-order valence-corrected chi connectivity index (χ0v) is 19.5. The average molecular weight is 498 g/mol. The van der Waals surface area contributed by atoms with Crippen LogP contribution in [0.1, 0.15) is 18.9 Å². The summed E-state index contributed by atoms with van der Waals surface area (Å²) >= 11 is 24.1. The number of amides is 2. The Bertz CT molecular complexity index is 797. The van der Waals surface area contributed by atoms with Gasteiger partial charge in [-0.1, -0.05) is 70.9 Å². The molecule has 158 valence electrons. The maximum absolute atomic E-state index is 12.5. The Morgan fingerprint density at radius 1 is 1.34 bits per heavy atom. The molecule has 1 aromatic carbocycles. The highest BCUT2D eigenvalue weighted by Gasteiger charge is 2.35. The maximum Gasteiger partial charge on any atom is 0.266 e. The number of thiocarbonyl (C=S) groups is 1. The standard InChI is InChI=1S/C18H19Cl3N2O4S2/c1-11(24)22-16(18(19,20)21)27-13-6-4-12(5-7-13)10-14-15(25)23(17(28)29-14)8-3-9-26-2/h4-7,10,16H,3,8-9H2,1-2H3,(H,22,24)/b14-10-/t16-/m1/s1. The molecule has 29 heavy (non-hydrogen) atoms. The number of thioether (sulfide) groups is 1. The van der Waals surface area contributed by atoms with Crippen molar-refractivity contribution in [1.82, 2.24) is 10.2 Å². The SMILES string of the molecule is COCCCN1C(=O)/C(=C/c2ccc(O[C@@H](NC(C)=O)C(Cl)(Cl)Cl)cc2)SC1=S. The number of hydrogen-bond donors (Lipinski definition) is 1. The Morgan fingerprint density at radius 2 is 2.00 bits per heavy atom. The second kappa shape index (κ2) is 10.8. The van der Waals surface area contributed by atoms with E-state index in [-0.39, 0.29) is 5.91 Å². The molecular weight excluding hydrogens is 479 g/mol. The van der Waals surface area contributed by atoms with Gasteiger partial charge in [0.1, 0.15) is 10.1 Å². The Hall–Kier alpha value is -1.03. The molecule has 0 bridgehead atoms. The molecule has 2 amide bonds. The first-order valence-electron chi connectivity index (χ1n) is 8.46. The summed E-state index contributed by atoms with van der Waals surface area (Å²) in [6.45, 7) is 2.37. The third-order valence-corrected chi connectivity index (χ3v) is 5.64. The minimum atomic E-state index is -1.85. The van der Waals surface area contributed by atoms with Crippen LogP contribution in [0.15, 0.2) is 29.2 Å². The number of ether oxygens (including phenoxy) is 2. The normalized spacial score (nSPS) is 17.0. The van der Waals surface area contributed by atoms with Crippen molar-refractivity contribution in [1.29, 1.82) is 0 Å². The number of nitrogens with one attached hydrogen (secondary N) is 1. The fourth-order valence-electron chi connectivity index (χ4n) is 2.35. The van der Waals surface area contributed by atoms with Crippen molar-refractivity contribution in [2.75, 3.05) is 20.3 Å². The fourth-order valence-corrected chi connectivity index (χ4v) is 3.96. The predicted octanol–water partition coefficient (Wildman–Crippen LogP) is 4.14. The van der Waals surface area contributed by atoms with Crippen molar-refractivity contribution in [3.63, 3.8) is 0 Å². The molecule has 1 atom stereocenters. The van der Waals surface area contributed by atoms with Gasteiger partial charge < -0.3 is 14.8 Å². The largest absolute Gasteiger partial charge is 0.466 e. The molecule has 1 N–H and O–H groups in total. The highest BCUT2D eigenvalue weighted by molar-refractivity contribution is 8.26. The van der Waals surface area contributed by atoms with Crippen molar-refractivity contribution < 1.29 is 19.1 Å². The van der Waals surface area contributed by atoms with E-state index >= 15 is 0 Å². The number of methoxy groups -OCH3 is 1. The summed E-state index contributed by atoms with van der Waals surface area (Å²) in [6.07, 6.45) is 1.31. The lowest BCUT2D eigenvalue weighted by Gasteiger charge is -2.25. The van der Waals surface area contributed by atoms with E-state index in [1.807, 2.05) is 0 Å². The van der Waals surface area contributed by atoms with E-state index < -0.39 is 15.9 Å². The summed E-state index contributed by atoms with van der Waals surface area (Å²) in [7, 11) is 1.61. The van der Waals surface area contributed by atoms with Crippen LogP contribution in [-0.2, 0) is 14.3 Å². The number of nitrogens with zero attached hydrogens (tertiary/aromatic N) is 1. The van der Waals surface area contributed by atoms with Crippen molar-refractivity contribution >= 4 is 81.0 Å². The quantitative estimate of drug-likeness (QED) is 0.191. The van der Waals surface area contributed by atoms with E-state index in [2.05, 4.69) is 5.32 Å². The zero-order valence-electron chi connectivity index (χ0n) is 15.6. The molecule has 0 radical (unpaired) electrons. The lowest BCUT2D eigenvalue weighted by Crippen LogP contribution is -2.47. The van der Waals surface area contributed by atoms with Gasteiger partial charge >= 0.3 is 0 Å². The Labute approximate surface area is 193 Å². The Morgan fingerprint density at radius 3 is 2.55 bits per heavy atom. The summed E-state index contributed by atoms with van der Waals surface area (Å²) < 4.78 is 9.26. The second-order valence-electron chi connectivity index (χ2n) is 5.99. The number of carbonyl (C=O) groups excluding carboxylic acids is 2. The Balaban J connectivity index is 2.07. The molecule has 1 aromatic rings. The zero-order chi connectivity index (χ0) is 21.6. The molecule has 1 aliphatic heterocycles. The topological polar surface area (TPSA) is 67.9 Å². The summed E-state index contributed by atoms with van der Waals surface area (Å²) in [6, 6.07) is 6.79. The number of hydrogen-bond acceptors (Lipinski definition) is 6. The third-order valence-electron chi connectivity index (χ3n) is 3.67. The number of alkyl halides is 3. The van der Waals surface area contributed by atoms with Crippen LogP contribution in [-0.4, -0.2) is 51.3 Å². The molecule has 0 spiro atoms. The minimum Gasteiger partial charge on any atom is -0.466 e. The van der Waals surface area contributed by atoms with Crippen molar-refractivity contribution in [2.45, 2.75) is 23.4 Å². The predicted molar refractivity (Wildman–Crippen MR) is 121 cm³/mol. The molecule has 0 saturated carbocycles. The van der Waals surface area contributed by atoms with Gasteiger partial charge in [0.05, 0.1) is 4.91 Å². The van der Waals surface area contributed by atoms with Gasteiger partial charge in [-0.25, -0.2) is 0 Å². The first-order chi connectivity index (χ1) is 13.6. The van der Waals surface area contributed by atoms with Crippen LogP contribution in [0.4, 0.5) is 0 Å². The molecule has 1 aliphatic rings. The van der Waals surface area contributed by atoms with Gasteiger partial charge in [0.15, 0.2) is 0 Å². The molecule has 6 nitrogen and oxygen atoms in total. The second-order valence-corrected chi connectivity index (χ2v) is 10.0. The van der Waals surface area contributed by atoms with E-state index in [1.54, 1.807) is 42.4 Å². The van der Waals surface area contributed by atoms with Crippen LogP contribution in [0.5, 0.6) is 5.75 Å². The van der Waals surface area contributed by atoms with Crippen LogP contribution < -0.4 is 10.1 Å². The van der Waals surface area contributed by atoms with E-state index in [9.17, 15) is 9.59 Å². The lowest BCUT2D eigenvalue weighted by atomic mass is 10.2. The van der Waals surface area contributed by atoms with E-state index in [0.29, 0.717) is 34.5 Å². The van der Waals surface area contributed by atoms with Gasteiger partial charge in [-0.15, -0.1) is 0 Å². The maximum atomic E-state index is 12.5. The fraction of sp³-hybridized carbons (Fsp3) is 0.389. The summed E-state index contributed by atoms with van der Waals surface area (Å²) in [5.41, 5.74) is 0.778. The number of rotatable bonds is 8. The van der Waals surface area contributed by atoms with Crippen molar-refractivity contribution in [3.8, 4) is 5.75 Å². The number of benzene rings is 1. The molecule has 1 heterocycles. The highest BCUT2D eigenvalue weighted by Crippen LogP contribution is 2.34. The molecule has 1 saturated heterocycles. The van der Waals surface area contributed by atoms with E-state index in [1.165, 1.54) is 18.7 Å². The molecule has 0 aromatic heterocycles. The van der Waals surface area contributed by atoms with Gasteiger partial charge in [-0.3, -0.25) is 14.5 Å². The Kier molecular flexibility index (Phi) is 9.06. The molecule has 1 fully saturated rings. The van der Waals surface area contributed by atoms with Crippen LogP contribution in [0.3, 0.4) is 0 Å². The van der Waals surface area contributed by atoms with Crippen LogP contribution >= 0.6 is 58.8 Å². The van der Waals surface area contributed by atoms with Crippen LogP contribution in [0.2, 0.25) is 0 Å². The molecule has 11 heteroatoms. The van der Waals surface area contributed by atoms with Crippen LogP contribution in [0.25, 0.3) is 6.08 Å². The number of carbonyl (C=O) groups is 2. The average Bonchev–Trinajstić information content (AvgIpc) is 2.89. The van der Waals surface area contributed by atoms with Crippen LogP contribution in [0, 0.1) is 0 Å². The smallest absolute Gasteiger partial charge is 0.266 e. The third kappa shape index (κ3) is 7.31. The van der Waals surface area contributed by atoms with Crippen molar-refractivity contribution in [3.05, 3.63) is 34.7 Å². The monoisotopic (exact) mass is 496 g/mol. The molecule has 0 aliphatic carbocycles.